The third-order valence-corrected chi connectivity index (χ3v) is 4.34. The van der Waals surface area contributed by atoms with Crippen LogP contribution >= 0.6 is 0 Å². The second-order valence-corrected chi connectivity index (χ2v) is 6.42. The first-order valence-corrected chi connectivity index (χ1v) is 8.21. The van der Waals surface area contributed by atoms with E-state index in [1.807, 2.05) is 13.8 Å². The van der Waals surface area contributed by atoms with Gasteiger partial charge in [0.1, 0.15) is 0 Å². The van der Waals surface area contributed by atoms with E-state index in [4.69, 9.17) is 5.73 Å². The van der Waals surface area contributed by atoms with Gasteiger partial charge in [-0.2, -0.15) is 0 Å². The second-order valence-electron chi connectivity index (χ2n) is 6.42. The number of hydrogen-bond acceptors (Lipinski definition) is 3. The third-order valence-electron chi connectivity index (χ3n) is 4.34. The molecule has 21 heavy (non-hydrogen) atoms. The molecular formula is C18H28N2O. The minimum Gasteiger partial charge on any atom is -0.372 e. The van der Waals surface area contributed by atoms with Crippen molar-refractivity contribution < 1.29 is 4.79 Å². The van der Waals surface area contributed by atoms with Gasteiger partial charge < -0.3 is 10.6 Å². The van der Waals surface area contributed by atoms with Crippen LogP contribution in [-0.4, -0.2) is 24.9 Å². The molecule has 2 N–H and O–H groups in total. The normalized spacial score (nSPS) is 17.0. The van der Waals surface area contributed by atoms with E-state index in [9.17, 15) is 4.79 Å². The maximum atomic E-state index is 11.8. The van der Waals surface area contributed by atoms with Crippen molar-refractivity contribution in [3.05, 3.63) is 29.8 Å². The van der Waals surface area contributed by atoms with E-state index < -0.39 is 0 Å². The summed E-state index contributed by atoms with van der Waals surface area (Å²) in [6.45, 7) is 6.17. The fraction of sp³-hybridized carbons (Fsp3) is 0.611. The molecule has 1 fully saturated rings. The summed E-state index contributed by atoms with van der Waals surface area (Å²) in [6.07, 6.45) is 5.57. The van der Waals surface area contributed by atoms with Crippen molar-refractivity contribution in [3.63, 3.8) is 0 Å². The zero-order chi connectivity index (χ0) is 15.2. The first-order chi connectivity index (χ1) is 10.1. The highest BCUT2D eigenvalue weighted by atomic mass is 16.1. The predicted molar refractivity (Wildman–Crippen MR) is 88.6 cm³/mol. The van der Waals surface area contributed by atoms with Crippen molar-refractivity contribution in [3.8, 4) is 0 Å². The van der Waals surface area contributed by atoms with Crippen LogP contribution in [0.1, 0.15) is 45.1 Å². The molecule has 0 radical (unpaired) electrons. The average molecular weight is 288 g/mol. The Morgan fingerprint density at radius 3 is 2.33 bits per heavy atom. The quantitative estimate of drug-likeness (QED) is 0.874. The lowest BCUT2D eigenvalue weighted by Crippen LogP contribution is -2.34. The summed E-state index contributed by atoms with van der Waals surface area (Å²) < 4.78 is 0. The number of carbonyl (C=O) groups is 1. The van der Waals surface area contributed by atoms with Gasteiger partial charge in [0.2, 0.25) is 0 Å². The molecule has 1 aromatic rings. The summed E-state index contributed by atoms with van der Waals surface area (Å²) >= 11 is 0. The van der Waals surface area contributed by atoms with E-state index in [-0.39, 0.29) is 17.7 Å². The Balaban J connectivity index is 1.86. The number of nitrogens with zero attached hydrogens (tertiary/aromatic N) is 1. The topological polar surface area (TPSA) is 46.3 Å². The lowest BCUT2D eigenvalue weighted by molar-refractivity contribution is -0.123. The largest absolute Gasteiger partial charge is 0.372 e. The van der Waals surface area contributed by atoms with Crippen LogP contribution in [0.5, 0.6) is 0 Å². The summed E-state index contributed by atoms with van der Waals surface area (Å²) in [4.78, 5) is 14.3. The predicted octanol–water partition coefficient (Wildman–Crippen LogP) is 3.16. The molecule has 1 saturated heterocycles. The minimum atomic E-state index is -0.327. The van der Waals surface area contributed by atoms with E-state index in [1.54, 1.807) is 0 Å². The molecule has 116 valence electrons. The average Bonchev–Trinajstić information content (AvgIpc) is 2.53. The SMILES string of the molecule is CC(C)C(=O)C(N)CCc1ccc(N2CCCCC2)cc1. The number of nitrogens with two attached hydrogens (primary N) is 1. The smallest absolute Gasteiger partial charge is 0.152 e. The zero-order valence-electron chi connectivity index (χ0n) is 13.3. The summed E-state index contributed by atoms with van der Waals surface area (Å²) in [5, 5.41) is 0. The molecule has 1 aliphatic rings. The summed E-state index contributed by atoms with van der Waals surface area (Å²) in [5.41, 5.74) is 8.54. The van der Waals surface area contributed by atoms with Crippen LogP contribution in [0, 0.1) is 5.92 Å². The van der Waals surface area contributed by atoms with Gasteiger partial charge in [0, 0.05) is 24.7 Å². The minimum absolute atomic E-state index is 0.0291. The number of Topliss-reactive ketones (excluding diaryl/α,β-unsaturated/α-hetero) is 1. The van der Waals surface area contributed by atoms with Crippen molar-refractivity contribution in [1.82, 2.24) is 0 Å². The van der Waals surface area contributed by atoms with Crippen molar-refractivity contribution in [2.75, 3.05) is 18.0 Å². The molecule has 1 unspecified atom stereocenters. The van der Waals surface area contributed by atoms with Gasteiger partial charge in [0.05, 0.1) is 6.04 Å². The van der Waals surface area contributed by atoms with E-state index in [2.05, 4.69) is 29.2 Å². The Bertz CT molecular complexity index is 447. The van der Waals surface area contributed by atoms with Crippen molar-refractivity contribution in [1.29, 1.82) is 0 Å². The Hall–Kier alpha value is -1.35. The molecule has 2 rings (SSSR count). The molecule has 0 aromatic heterocycles. The molecular weight excluding hydrogens is 260 g/mol. The van der Waals surface area contributed by atoms with Crippen molar-refractivity contribution >= 4 is 11.5 Å². The van der Waals surface area contributed by atoms with Crippen LogP contribution in [0.3, 0.4) is 0 Å². The number of aryl methyl sites for hydroxylation is 1. The fourth-order valence-electron chi connectivity index (χ4n) is 2.92. The van der Waals surface area contributed by atoms with Crippen LogP contribution in [0.4, 0.5) is 5.69 Å². The molecule has 1 aromatic carbocycles. The van der Waals surface area contributed by atoms with E-state index in [1.165, 1.54) is 43.6 Å². The number of carbonyl (C=O) groups excluding carboxylic acids is 1. The highest BCUT2D eigenvalue weighted by Crippen LogP contribution is 2.20. The van der Waals surface area contributed by atoms with Crippen molar-refractivity contribution in [2.45, 2.75) is 52.0 Å². The highest BCUT2D eigenvalue weighted by Gasteiger charge is 2.16. The van der Waals surface area contributed by atoms with Crippen LogP contribution in [0.15, 0.2) is 24.3 Å². The highest BCUT2D eigenvalue weighted by molar-refractivity contribution is 5.85. The lowest BCUT2D eigenvalue weighted by atomic mass is 9.96. The molecule has 1 aliphatic heterocycles. The Morgan fingerprint density at radius 1 is 1.14 bits per heavy atom. The molecule has 0 spiro atoms. The molecule has 0 aliphatic carbocycles. The van der Waals surface area contributed by atoms with Gasteiger partial charge in [-0.15, -0.1) is 0 Å². The molecule has 0 bridgehead atoms. The molecule has 0 amide bonds. The fourth-order valence-corrected chi connectivity index (χ4v) is 2.92. The number of anilines is 1. The van der Waals surface area contributed by atoms with Gasteiger partial charge in [0.25, 0.3) is 0 Å². The molecule has 1 atom stereocenters. The number of rotatable bonds is 6. The maximum Gasteiger partial charge on any atom is 0.152 e. The van der Waals surface area contributed by atoms with Gasteiger partial charge in [-0.3, -0.25) is 4.79 Å². The van der Waals surface area contributed by atoms with E-state index in [0.29, 0.717) is 0 Å². The van der Waals surface area contributed by atoms with Gasteiger partial charge in [-0.05, 0) is 49.8 Å². The number of hydrogen-bond donors (Lipinski definition) is 1. The van der Waals surface area contributed by atoms with Crippen molar-refractivity contribution in [2.24, 2.45) is 11.7 Å². The van der Waals surface area contributed by atoms with Gasteiger partial charge >= 0.3 is 0 Å². The second kappa shape index (κ2) is 7.60. The van der Waals surface area contributed by atoms with Crippen LogP contribution in [0.2, 0.25) is 0 Å². The number of piperidine rings is 1. The first-order valence-electron chi connectivity index (χ1n) is 8.21. The molecule has 3 heteroatoms. The summed E-state index contributed by atoms with van der Waals surface area (Å²) in [5.74, 6) is 0.196. The standard InChI is InChI=1S/C18H28N2O/c1-14(2)18(21)17(19)11-8-15-6-9-16(10-7-15)20-12-4-3-5-13-20/h6-7,9-10,14,17H,3-5,8,11-13,19H2,1-2H3. The molecule has 1 heterocycles. The van der Waals surface area contributed by atoms with Crippen LogP contribution < -0.4 is 10.6 Å². The Labute approximate surface area is 128 Å². The Kier molecular flexibility index (Phi) is 5.80. The molecule has 3 nitrogen and oxygen atoms in total. The van der Waals surface area contributed by atoms with E-state index >= 15 is 0 Å². The number of ketones is 1. The van der Waals surface area contributed by atoms with Gasteiger partial charge in [-0.1, -0.05) is 26.0 Å². The summed E-state index contributed by atoms with van der Waals surface area (Å²) in [6, 6.07) is 8.44. The maximum absolute atomic E-state index is 11.8. The lowest BCUT2D eigenvalue weighted by Gasteiger charge is -2.28. The summed E-state index contributed by atoms with van der Waals surface area (Å²) in [7, 11) is 0. The van der Waals surface area contributed by atoms with Crippen LogP contribution in [0.25, 0.3) is 0 Å². The van der Waals surface area contributed by atoms with E-state index in [0.717, 1.165) is 12.8 Å². The monoisotopic (exact) mass is 288 g/mol. The van der Waals surface area contributed by atoms with Crippen LogP contribution in [-0.2, 0) is 11.2 Å². The van der Waals surface area contributed by atoms with Gasteiger partial charge in [0.15, 0.2) is 5.78 Å². The first kappa shape index (κ1) is 16.0. The Morgan fingerprint density at radius 2 is 1.76 bits per heavy atom. The third kappa shape index (κ3) is 4.57. The molecule has 0 saturated carbocycles. The zero-order valence-corrected chi connectivity index (χ0v) is 13.3. The number of benzene rings is 1. The van der Waals surface area contributed by atoms with Gasteiger partial charge in [-0.25, -0.2) is 0 Å².